The number of aryl methyl sites for hydroxylation is 2. The highest BCUT2D eigenvalue weighted by Gasteiger charge is 2.09. The summed E-state index contributed by atoms with van der Waals surface area (Å²) in [5.74, 6) is 0. The summed E-state index contributed by atoms with van der Waals surface area (Å²) >= 11 is 0. The van der Waals surface area contributed by atoms with Crippen molar-refractivity contribution in [3.8, 4) is 11.4 Å². The minimum absolute atomic E-state index is 0.927. The van der Waals surface area contributed by atoms with Crippen LogP contribution in [0.5, 0.6) is 0 Å². The Kier molecular flexibility index (Phi) is 2.33. The predicted octanol–water partition coefficient (Wildman–Crippen LogP) is 2.08. The van der Waals surface area contributed by atoms with Crippen molar-refractivity contribution < 1.29 is 0 Å². The summed E-state index contributed by atoms with van der Waals surface area (Å²) in [4.78, 5) is 4.63. The molecule has 0 aliphatic carbocycles. The lowest BCUT2D eigenvalue weighted by Crippen LogP contribution is -1.93. The number of anilines is 1. The monoisotopic (exact) mass is 241 g/mol. The van der Waals surface area contributed by atoms with Crippen LogP contribution in [0.25, 0.3) is 17.0 Å². The molecule has 18 heavy (non-hydrogen) atoms. The molecule has 0 unspecified atom stereocenters. The molecule has 5 heteroatoms. The Morgan fingerprint density at radius 2 is 2.11 bits per heavy atom. The molecule has 0 saturated carbocycles. The highest BCUT2D eigenvalue weighted by molar-refractivity contribution is 5.62. The van der Waals surface area contributed by atoms with Crippen molar-refractivity contribution in [3.63, 3.8) is 0 Å². The molecule has 3 aromatic heterocycles. The smallest absolute Gasteiger partial charge is 0.139 e. The summed E-state index contributed by atoms with van der Waals surface area (Å²) in [6.07, 6.45) is 4.02. The minimum atomic E-state index is 0.927. The summed E-state index contributed by atoms with van der Waals surface area (Å²) in [5.41, 5.74) is 4.95. The highest BCUT2D eigenvalue weighted by atomic mass is 15.3. The van der Waals surface area contributed by atoms with Crippen molar-refractivity contribution in [2.45, 2.75) is 6.92 Å². The second kappa shape index (κ2) is 3.87. The number of rotatable bonds is 2. The standard InChI is InChI=1S/C13H15N5/c1-9-6-12(17(3)16-9)11-8-18-5-4-10(14-2)7-13(18)15-11/h4-8,14H,1-3H3. The van der Waals surface area contributed by atoms with Crippen LogP contribution < -0.4 is 5.32 Å². The van der Waals surface area contributed by atoms with Crippen molar-refractivity contribution in [1.29, 1.82) is 0 Å². The summed E-state index contributed by atoms with van der Waals surface area (Å²) < 4.78 is 3.87. The maximum absolute atomic E-state index is 4.63. The molecule has 0 aliphatic rings. The van der Waals surface area contributed by atoms with Crippen LogP contribution in [0.1, 0.15) is 5.69 Å². The fourth-order valence-electron chi connectivity index (χ4n) is 2.11. The Morgan fingerprint density at radius 1 is 1.28 bits per heavy atom. The van der Waals surface area contributed by atoms with Crippen LogP contribution in [0.4, 0.5) is 5.69 Å². The summed E-state index contributed by atoms with van der Waals surface area (Å²) in [7, 11) is 3.84. The van der Waals surface area contributed by atoms with E-state index in [1.165, 1.54) is 0 Å². The van der Waals surface area contributed by atoms with Gasteiger partial charge in [-0.15, -0.1) is 0 Å². The average molecular weight is 241 g/mol. The maximum Gasteiger partial charge on any atom is 0.139 e. The molecule has 0 fully saturated rings. The summed E-state index contributed by atoms with van der Waals surface area (Å²) in [6, 6.07) is 6.08. The summed E-state index contributed by atoms with van der Waals surface area (Å²) in [5, 5.41) is 7.46. The second-order valence-corrected chi connectivity index (χ2v) is 4.35. The van der Waals surface area contributed by atoms with Crippen LogP contribution >= 0.6 is 0 Å². The van der Waals surface area contributed by atoms with Gasteiger partial charge in [-0.3, -0.25) is 4.68 Å². The first-order valence-corrected chi connectivity index (χ1v) is 5.85. The normalized spacial score (nSPS) is 11.1. The van der Waals surface area contributed by atoms with E-state index in [1.54, 1.807) is 0 Å². The van der Waals surface area contributed by atoms with Gasteiger partial charge in [-0.25, -0.2) is 4.98 Å². The predicted molar refractivity (Wildman–Crippen MR) is 71.7 cm³/mol. The van der Waals surface area contributed by atoms with Gasteiger partial charge in [-0.05, 0) is 19.1 Å². The van der Waals surface area contributed by atoms with Crippen LogP contribution in [-0.4, -0.2) is 26.2 Å². The minimum Gasteiger partial charge on any atom is -0.388 e. The highest BCUT2D eigenvalue weighted by Crippen LogP contribution is 2.20. The SMILES string of the molecule is CNc1ccn2cc(-c3cc(C)nn3C)nc2c1. The zero-order valence-electron chi connectivity index (χ0n) is 10.7. The van der Waals surface area contributed by atoms with Gasteiger partial charge >= 0.3 is 0 Å². The van der Waals surface area contributed by atoms with E-state index in [9.17, 15) is 0 Å². The van der Waals surface area contributed by atoms with Gasteiger partial charge in [-0.1, -0.05) is 0 Å². The van der Waals surface area contributed by atoms with Gasteiger partial charge in [0.25, 0.3) is 0 Å². The average Bonchev–Trinajstić information content (AvgIpc) is 2.90. The third-order valence-electron chi connectivity index (χ3n) is 3.01. The van der Waals surface area contributed by atoms with Crippen molar-refractivity contribution >= 4 is 11.3 Å². The first-order chi connectivity index (χ1) is 8.67. The Bertz CT molecular complexity index is 707. The molecule has 92 valence electrons. The van der Waals surface area contributed by atoms with Crippen LogP contribution in [-0.2, 0) is 7.05 Å². The van der Waals surface area contributed by atoms with Crippen LogP contribution in [0.15, 0.2) is 30.6 Å². The van der Waals surface area contributed by atoms with E-state index < -0.39 is 0 Å². The van der Waals surface area contributed by atoms with Crippen LogP contribution in [0.2, 0.25) is 0 Å². The van der Waals surface area contributed by atoms with Gasteiger partial charge < -0.3 is 9.72 Å². The molecule has 1 N–H and O–H groups in total. The molecule has 0 spiro atoms. The molecule has 0 bridgehead atoms. The third kappa shape index (κ3) is 1.64. The number of hydrogen-bond acceptors (Lipinski definition) is 3. The molecule has 0 aliphatic heterocycles. The lowest BCUT2D eigenvalue weighted by molar-refractivity contribution is 0.762. The molecule has 5 nitrogen and oxygen atoms in total. The molecular formula is C13H15N5. The number of hydrogen-bond donors (Lipinski definition) is 1. The van der Waals surface area contributed by atoms with E-state index in [0.717, 1.165) is 28.4 Å². The fourth-order valence-corrected chi connectivity index (χ4v) is 2.11. The molecular weight excluding hydrogens is 226 g/mol. The first-order valence-electron chi connectivity index (χ1n) is 5.85. The van der Waals surface area contributed by atoms with E-state index in [4.69, 9.17) is 0 Å². The lowest BCUT2D eigenvalue weighted by atomic mass is 10.3. The van der Waals surface area contributed by atoms with Gasteiger partial charge in [0, 0.05) is 38.2 Å². The topological polar surface area (TPSA) is 47.1 Å². The second-order valence-electron chi connectivity index (χ2n) is 4.35. The van der Waals surface area contributed by atoms with Crippen molar-refractivity contribution in [1.82, 2.24) is 19.2 Å². The molecule has 0 radical (unpaired) electrons. The van der Waals surface area contributed by atoms with Crippen LogP contribution in [0, 0.1) is 6.92 Å². The molecule has 0 saturated heterocycles. The van der Waals surface area contributed by atoms with E-state index >= 15 is 0 Å². The quantitative estimate of drug-likeness (QED) is 0.747. The van der Waals surface area contributed by atoms with Gasteiger partial charge in [-0.2, -0.15) is 5.10 Å². The van der Waals surface area contributed by atoms with Gasteiger partial charge in [0.05, 0.1) is 11.4 Å². The van der Waals surface area contributed by atoms with Crippen molar-refractivity contribution in [2.24, 2.45) is 7.05 Å². The number of pyridine rings is 1. The van der Waals surface area contributed by atoms with E-state index in [-0.39, 0.29) is 0 Å². The van der Waals surface area contributed by atoms with Crippen molar-refractivity contribution in [2.75, 3.05) is 12.4 Å². The molecule has 3 rings (SSSR count). The Labute approximate surface area is 105 Å². The van der Waals surface area contributed by atoms with Crippen molar-refractivity contribution in [3.05, 3.63) is 36.3 Å². The van der Waals surface area contributed by atoms with Gasteiger partial charge in [0.2, 0.25) is 0 Å². The zero-order chi connectivity index (χ0) is 12.7. The molecule has 0 aromatic carbocycles. The number of fused-ring (bicyclic) bond motifs is 1. The third-order valence-corrected chi connectivity index (χ3v) is 3.01. The molecule has 0 atom stereocenters. The fraction of sp³-hybridized carbons (Fsp3) is 0.231. The van der Waals surface area contributed by atoms with Crippen LogP contribution in [0.3, 0.4) is 0 Å². The molecule has 0 amide bonds. The lowest BCUT2D eigenvalue weighted by Gasteiger charge is -1.98. The number of aromatic nitrogens is 4. The van der Waals surface area contributed by atoms with E-state index in [2.05, 4.69) is 15.4 Å². The van der Waals surface area contributed by atoms with E-state index in [1.807, 2.05) is 60.7 Å². The Balaban J connectivity index is 2.16. The number of nitrogens with one attached hydrogen (secondary N) is 1. The number of nitrogens with zero attached hydrogens (tertiary/aromatic N) is 4. The zero-order valence-corrected chi connectivity index (χ0v) is 10.7. The summed E-state index contributed by atoms with van der Waals surface area (Å²) in [6.45, 7) is 1.98. The Morgan fingerprint density at radius 3 is 2.78 bits per heavy atom. The molecule has 3 aromatic rings. The van der Waals surface area contributed by atoms with Gasteiger partial charge in [0.1, 0.15) is 11.3 Å². The molecule has 3 heterocycles. The Hall–Kier alpha value is -2.30. The maximum atomic E-state index is 4.63. The number of imidazole rings is 1. The van der Waals surface area contributed by atoms with Gasteiger partial charge in [0.15, 0.2) is 0 Å². The first kappa shape index (κ1) is 10.8. The largest absolute Gasteiger partial charge is 0.388 e. The van der Waals surface area contributed by atoms with E-state index in [0.29, 0.717) is 0 Å².